The van der Waals surface area contributed by atoms with Gasteiger partial charge in [-0.3, -0.25) is 9.67 Å². The van der Waals surface area contributed by atoms with Crippen LogP contribution in [0.25, 0.3) is 0 Å². The number of rotatable bonds is 8. The second-order valence-corrected chi connectivity index (χ2v) is 8.24. The van der Waals surface area contributed by atoms with Gasteiger partial charge in [0.25, 0.3) is 0 Å². The van der Waals surface area contributed by atoms with Crippen LogP contribution < -0.4 is 14.8 Å². The fraction of sp³-hybridized carbons (Fsp3) is 0.609. The fourth-order valence-corrected chi connectivity index (χ4v) is 4.38. The molecule has 0 spiro atoms. The molecule has 1 aromatic carbocycles. The zero-order valence-corrected chi connectivity index (χ0v) is 22.3. The van der Waals surface area contributed by atoms with Crippen LogP contribution in [0.2, 0.25) is 0 Å². The van der Waals surface area contributed by atoms with Gasteiger partial charge in [-0.1, -0.05) is 25.3 Å². The van der Waals surface area contributed by atoms with Crippen LogP contribution in [0.15, 0.2) is 29.5 Å². The molecule has 0 amide bonds. The summed E-state index contributed by atoms with van der Waals surface area (Å²) in [7, 11) is 7.32. The molecule has 8 nitrogen and oxygen atoms in total. The van der Waals surface area contributed by atoms with E-state index in [2.05, 4.69) is 39.4 Å². The molecule has 3 rings (SSSR count). The minimum Gasteiger partial charge on any atom is -0.493 e. The van der Waals surface area contributed by atoms with Gasteiger partial charge in [0.05, 0.1) is 27.3 Å². The third-order valence-corrected chi connectivity index (χ3v) is 6.22. The monoisotopic (exact) mass is 556 g/mol. The number of aromatic nitrogens is 3. The number of hydrogen-bond donors (Lipinski definition) is 1. The topological polar surface area (TPSA) is 76.8 Å². The van der Waals surface area contributed by atoms with Crippen molar-refractivity contribution in [3.8, 4) is 11.5 Å². The lowest BCUT2D eigenvalue weighted by Gasteiger charge is -2.37. The number of guanidine groups is 1. The van der Waals surface area contributed by atoms with Crippen molar-refractivity contribution < 1.29 is 9.47 Å². The van der Waals surface area contributed by atoms with Crippen molar-refractivity contribution in [1.29, 1.82) is 0 Å². The summed E-state index contributed by atoms with van der Waals surface area (Å²) in [4.78, 5) is 11.6. The number of aliphatic imine (C=N–C) groups is 1. The number of aryl methyl sites for hydroxylation is 1. The Morgan fingerprint density at radius 3 is 2.50 bits per heavy atom. The summed E-state index contributed by atoms with van der Waals surface area (Å²) in [6, 6.07) is 6.33. The van der Waals surface area contributed by atoms with Crippen LogP contribution in [-0.4, -0.2) is 60.0 Å². The highest BCUT2D eigenvalue weighted by Gasteiger charge is 2.35. The fourth-order valence-electron chi connectivity index (χ4n) is 4.38. The second kappa shape index (κ2) is 12.3. The van der Waals surface area contributed by atoms with Gasteiger partial charge in [0.15, 0.2) is 17.5 Å². The zero-order valence-electron chi connectivity index (χ0n) is 19.9. The molecule has 1 heterocycles. The highest BCUT2D eigenvalue weighted by atomic mass is 127. The smallest absolute Gasteiger partial charge is 0.194 e. The summed E-state index contributed by atoms with van der Waals surface area (Å²) in [5.74, 6) is 3.33. The first-order valence-corrected chi connectivity index (χ1v) is 11.1. The van der Waals surface area contributed by atoms with E-state index < -0.39 is 0 Å². The van der Waals surface area contributed by atoms with E-state index in [0.29, 0.717) is 6.54 Å². The van der Waals surface area contributed by atoms with Gasteiger partial charge in [-0.25, -0.2) is 4.98 Å². The number of benzene rings is 1. The predicted molar refractivity (Wildman–Crippen MR) is 138 cm³/mol. The maximum atomic E-state index is 5.59. The lowest BCUT2D eigenvalue weighted by Crippen LogP contribution is -2.41. The normalized spacial score (nSPS) is 15.6. The molecule has 1 fully saturated rings. The molecule has 0 bridgehead atoms. The molecule has 0 aliphatic heterocycles. The third-order valence-electron chi connectivity index (χ3n) is 6.22. The minimum atomic E-state index is 0. The highest BCUT2D eigenvalue weighted by Crippen LogP contribution is 2.42. The molecule has 1 aliphatic carbocycles. The van der Waals surface area contributed by atoms with Crippen molar-refractivity contribution in [2.24, 2.45) is 12.0 Å². The van der Waals surface area contributed by atoms with Crippen LogP contribution >= 0.6 is 24.0 Å². The predicted octanol–water partition coefficient (Wildman–Crippen LogP) is 3.75. The van der Waals surface area contributed by atoms with E-state index in [1.165, 1.54) is 24.8 Å². The van der Waals surface area contributed by atoms with Crippen molar-refractivity contribution in [3.05, 3.63) is 35.9 Å². The Morgan fingerprint density at radius 2 is 1.91 bits per heavy atom. The molecule has 0 saturated heterocycles. The Bertz CT molecular complexity index is 879. The van der Waals surface area contributed by atoms with Crippen LogP contribution in [0.1, 0.15) is 50.4 Å². The number of halogens is 1. The van der Waals surface area contributed by atoms with Gasteiger partial charge in [0, 0.05) is 26.1 Å². The Kier molecular flexibility index (Phi) is 10.0. The molecule has 32 heavy (non-hydrogen) atoms. The molecule has 0 radical (unpaired) electrons. The molecule has 178 valence electrons. The second-order valence-electron chi connectivity index (χ2n) is 8.24. The Balaban J connectivity index is 0.00000363. The number of ether oxygens (including phenoxy) is 2. The SMILES string of the molecule is CCNC(=NCC1(c2ccc(OC)c(OC)c2)CCCCC1)N(C)Cc1ncnn1C.I. The van der Waals surface area contributed by atoms with Crippen molar-refractivity contribution in [2.45, 2.75) is 51.0 Å². The standard InChI is InChI=1S/C23H36N6O2.HI/c1-6-24-22(28(2)15-21-26-17-27-29(21)3)25-16-23(12-8-7-9-13-23)18-10-11-19(30-4)20(14-18)31-5;/h10-11,14,17H,6-9,12-13,15-16H2,1-5H3,(H,24,25);1H. The van der Waals surface area contributed by atoms with Gasteiger partial charge in [-0.05, 0) is 37.5 Å². The van der Waals surface area contributed by atoms with Crippen LogP contribution in [0, 0.1) is 0 Å². The van der Waals surface area contributed by atoms with Crippen molar-refractivity contribution >= 4 is 29.9 Å². The maximum Gasteiger partial charge on any atom is 0.194 e. The first kappa shape index (κ1) is 26.2. The van der Waals surface area contributed by atoms with Crippen molar-refractivity contribution in [2.75, 3.05) is 34.4 Å². The maximum absolute atomic E-state index is 5.59. The molecule has 9 heteroatoms. The Labute approximate surface area is 208 Å². The minimum absolute atomic E-state index is 0. The quantitative estimate of drug-likeness (QED) is 0.303. The van der Waals surface area contributed by atoms with E-state index in [4.69, 9.17) is 14.5 Å². The lowest BCUT2D eigenvalue weighted by atomic mass is 9.69. The molecule has 0 unspecified atom stereocenters. The van der Waals surface area contributed by atoms with E-state index in [1.807, 2.05) is 20.2 Å². The molecule has 1 aliphatic rings. The summed E-state index contributed by atoms with van der Waals surface area (Å²) in [6.07, 6.45) is 7.55. The average molecular weight is 556 g/mol. The zero-order chi connectivity index (χ0) is 22.3. The molecular weight excluding hydrogens is 519 g/mol. The van der Waals surface area contributed by atoms with Gasteiger partial charge in [0.2, 0.25) is 0 Å². The third kappa shape index (κ3) is 6.05. The van der Waals surface area contributed by atoms with Gasteiger partial charge in [-0.15, -0.1) is 24.0 Å². The van der Waals surface area contributed by atoms with E-state index in [9.17, 15) is 0 Å². The van der Waals surface area contributed by atoms with Crippen LogP contribution in [0.5, 0.6) is 11.5 Å². The summed E-state index contributed by atoms with van der Waals surface area (Å²) < 4.78 is 12.8. The van der Waals surface area contributed by atoms with E-state index in [-0.39, 0.29) is 29.4 Å². The van der Waals surface area contributed by atoms with E-state index >= 15 is 0 Å². The highest BCUT2D eigenvalue weighted by molar-refractivity contribution is 14.0. The Hall–Kier alpha value is -2.04. The molecule has 1 aromatic heterocycles. The van der Waals surface area contributed by atoms with E-state index in [1.54, 1.807) is 25.2 Å². The first-order valence-electron chi connectivity index (χ1n) is 11.1. The molecular formula is C23H37IN6O2. The van der Waals surface area contributed by atoms with Crippen LogP contribution in [-0.2, 0) is 19.0 Å². The molecule has 2 aromatic rings. The van der Waals surface area contributed by atoms with Crippen molar-refractivity contribution in [3.63, 3.8) is 0 Å². The van der Waals surface area contributed by atoms with Crippen LogP contribution in [0.4, 0.5) is 0 Å². The average Bonchev–Trinajstić information content (AvgIpc) is 3.20. The summed E-state index contributed by atoms with van der Waals surface area (Å²) in [5.41, 5.74) is 1.28. The number of hydrogen-bond acceptors (Lipinski definition) is 5. The summed E-state index contributed by atoms with van der Waals surface area (Å²) in [5, 5.41) is 7.61. The summed E-state index contributed by atoms with van der Waals surface area (Å²) >= 11 is 0. The largest absolute Gasteiger partial charge is 0.493 e. The van der Waals surface area contributed by atoms with Gasteiger partial charge in [-0.2, -0.15) is 5.10 Å². The molecule has 1 saturated carbocycles. The number of nitrogens with zero attached hydrogens (tertiary/aromatic N) is 5. The first-order chi connectivity index (χ1) is 15.0. The Morgan fingerprint density at radius 1 is 1.19 bits per heavy atom. The van der Waals surface area contributed by atoms with Crippen LogP contribution in [0.3, 0.4) is 0 Å². The van der Waals surface area contributed by atoms with Gasteiger partial charge in [0.1, 0.15) is 12.2 Å². The summed E-state index contributed by atoms with van der Waals surface area (Å²) in [6.45, 7) is 4.28. The van der Waals surface area contributed by atoms with Crippen molar-refractivity contribution in [1.82, 2.24) is 25.0 Å². The van der Waals surface area contributed by atoms with Gasteiger partial charge >= 0.3 is 0 Å². The lowest BCUT2D eigenvalue weighted by molar-refractivity contribution is 0.296. The molecule has 1 N–H and O–H groups in total. The molecule has 0 atom stereocenters. The number of nitrogens with one attached hydrogen (secondary N) is 1. The van der Waals surface area contributed by atoms with E-state index in [0.717, 1.165) is 49.2 Å². The van der Waals surface area contributed by atoms with Gasteiger partial charge < -0.3 is 19.7 Å². The number of methoxy groups -OCH3 is 2.